The quantitative estimate of drug-likeness (QED) is 0.0275. The smallest absolute Gasteiger partial charge is 0.125 e. The van der Waals surface area contributed by atoms with Gasteiger partial charge in [-0.15, -0.1) is 22.2 Å². The highest BCUT2D eigenvalue weighted by Crippen LogP contribution is 2.57. The lowest BCUT2D eigenvalue weighted by atomic mass is 9.77. The molecule has 0 saturated carbocycles. The third-order valence-electron chi connectivity index (χ3n) is 30.0. The zero-order chi connectivity index (χ0) is 91.0. The second-order valence-corrected chi connectivity index (χ2v) is 62.7. The molecule has 15 rings (SSSR count). The summed E-state index contributed by atoms with van der Waals surface area (Å²) in [5.74, 6) is 15.4. The van der Waals surface area contributed by atoms with Crippen LogP contribution < -0.4 is 0 Å². The topological polar surface area (TPSA) is 0 Å². The zero-order valence-corrected chi connectivity index (χ0v) is 84.6. The van der Waals surface area contributed by atoms with E-state index in [2.05, 4.69) is 503 Å². The van der Waals surface area contributed by atoms with Crippen molar-refractivity contribution >= 4 is 75.4 Å². The van der Waals surface area contributed by atoms with E-state index in [1.165, 1.54) is 110 Å². The molecular formula is C124H132Si4. The van der Waals surface area contributed by atoms with Gasteiger partial charge in [-0.3, -0.25) is 0 Å². The predicted molar refractivity (Wildman–Crippen MR) is 574 cm³/mol. The Morgan fingerprint density at radius 1 is 0.156 bits per heavy atom. The molecule has 4 heteroatoms. The second-order valence-electron chi connectivity index (χ2n) is 40.3. The maximum atomic E-state index is 4.08. The average Bonchev–Trinajstić information content (AvgIpc) is 0.715. The van der Waals surface area contributed by atoms with Crippen molar-refractivity contribution in [3.05, 3.63) is 313 Å². The fourth-order valence-electron chi connectivity index (χ4n) is 24.0. The fraction of sp³-hybridized carbons (Fsp3) is 0.290. The molecule has 0 bridgehead atoms. The molecule has 0 heterocycles. The molecule has 128 heavy (non-hydrogen) atoms. The van der Waals surface area contributed by atoms with Crippen molar-refractivity contribution in [1.82, 2.24) is 0 Å². The lowest BCUT2D eigenvalue weighted by Gasteiger charge is -2.38. The standard InChI is InChI=1S/C124H132Si4/c1-81(2)125(82(3)4,83(5)6)75-71-93-51-59-101(60-52-93)117-113(97-39-29-25-30-40-97)79-115(119(99-43-33-27-34-44-99)121(117)103-63-55-95(56-64-103)73-77-127(87(13)14,88(15)16)89(17)18)105-67-69-111-110-50-38-48-108-106(68-70-112(124(108)110)109-49-37-47-107(105)123(109)111)116-80-114(98-41-31-26-32-42-98)118(102-61-53-94(54-62-102)72-76-126(84(7)8,85(9)10)86(11)12)122(120(116)100-45-35-28-36-46-100)104-65-57-96(58-66-104)74-78-128(90(19)20,91(21)22)92(23)24/h25-70,79-92H,1-24H3. The van der Waals surface area contributed by atoms with Crippen LogP contribution >= 0.6 is 0 Å². The minimum absolute atomic E-state index is 0.521. The van der Waals surface area contributed by atoms with E-state index in [4.69, 9.17) is 0 Å². The molecule has 0 aliphatic carbocycles. The molecule has 0 spiro atoms. The highest BCUT2D eigenvalue weighted by Gasteiger charge is 2.45. The van der Waals surface area contributed by atoms with Gasteiger partial charge < -0.3 is 0 Å². The molecule has 0 N–H and O–H groups in total. The molecule has 0 aromatic heterocycles. The van der Waals surface area contributed by atoms with Crippen molar-refractivity contribution in [2.24, 2.45) is 0 Å². The van der Waals surface area contributed by atoms with Gasteiger partial charge in [-0.25, -0.2) is 0 Å². The van der Waals surface area contributed by atoms with Crippen LogP contribution in [0.25, 0.3) is 154 Å². The van der Waals surface area contributed by atoms with Crippen LogP contribution in [0.2, 0.25) is 66.5 Å². The van der Waals surface area contributed by atoms with Gasteiger partial charge in [0.05, 0.1) is 0 Å². The molecule has 0 aliphatic heterocycles. The largest absolute Gasteiger partial charge is 0.146 e. The van der Waals surface area contributed by atoms with E-state index >= 15 is 0 Å². The molecule has 644 valence electrons. The van der Waals surface area contributed by atoms with Crippen LogP contribution in [0.3, 0.4) is 0 Å². The maximum Gasteiger partial charge on any atom is 0.146 e. The average molecular weight is 1730 g/mol. The van der Waals surface area contributed by atoms with Crippen molar-refractivity contribution < 1.29 is 0 Å². The van der Waals surface area contributed by atoms with Crippen molar-refractivity contribution in [2.45, 2.75) is 233 Å². The van der Waals surface area contributed by atoms with E-state index in [9.17, 15) is 0 Å². The van der Waals surface area contributed by atoms with Gasteiger partial charge in [-0.2, -0.15) is 0 Å². The van der Waals surface area contributed by atoms with Gasteiger partial charge in [0.25, 0.3) is 0 Å². The molecule has 15 aromatic carbocycles. The van der Waals surface area contributed by atoms with Crippen LogP contribution in [0, 0.1) is 45.9 Å². The Bertz CT molecular complexity index is 6270. The second kappa shape index (κ2) is 37.8. The normalized spacial score (nSPS) is 12.3. The van der Waals surface area contributed by atoms with Crippen LogP contribution in [-0.2, 0) is 0 Å². The van der Waals surface area contributed by atoms with Gasteiger partial charge in [0.1, 0.15) is 32.3 Å². The lowest BCUT2D eigenvalue weighted by Crippen LogP contribution is -2.43. The van der Waals surface area contributed by atoms with Gasteiger partial charge in [-0.05, 0) is 282 Å². The molecular weight excluding hydrogens is 1600 g/mol. The van der Waals surface area contributed by atoms with E-state index in [0.29, 0.717) is 66.5 Å². The summed E-state index contributed by atoms with van der Waals surface area (Å²) in [5.41, 5.74) is 50.1. The van der Waals surface area contributed by atoms with Crippen LogP contribution in [0.4, 0.5) is 0 Å². The highest BCUT2D eigenvalue weighted by molar-refractivity contribution is 6.92. The first-order chi connectivity index (χ1) is 61.4. The molecule has 0 saturated heterocycles. The van der Waals surface area contributed by atoms with E-state index in [1.807, 2.05) is 0 Å². The Morgan fingerprint density at radius 3 is 0.586 bits per heavy atom. The van der Waals surface area contributed by atoms with Crippen LogP contribution in [0.5, 0.6) is 0 Å². The monoisotopic (exact) mass is 1730 g/mol. The van der Waals surface area contributed by atoms with Gasteiger partial charge in [0, 0.05) is 22.3 Å². The molecule has 0 nitrogen and oxygen atoms in total. The van der Waals surface area contributed by atoms with E-state index < -0.39 is 32.3 Å². The third kappa shape index (κ3) is 16.6. The van der Waals surface area contributed by atoms with Crippen molar-refractivity contribution in [1.29, 1.82) is 0 Å². The first-order valence-corrected chi connectivity index (χ1v) is 56.6. The summed E-state index contributed by atoms with van der Waals surface area (Å²) in [6.07, 6.45) is 0. The Kier molecular flexibility index (Phi) is 27.0. The summed E-state index contributed by atoms with van der Waals surface area (Å²) in [6.45, 7) is 57.8. The highest BCUT2D eigenvalue weighted by atomic mass is 28.3. The number of hydrogen-bond donors (Lipinski definition) is 0. The first-order valence-electron chi connectivity index (χ1n) is 47.7. The first kappa shape index (κ1) is 91.5. The third-order valence-corrected chi connectivity index (χ3v) is 55.2. The van der Waals surface area contributed by atoms with Crippen LogP contribution in [0.1, 0.15) is 188 Å². The Hall–Kier alpha value is -11.3. The Balaban J connectivity index is 0.996. The number of benzene rings is 15. The SMILES string of the molecule is CC(C)[Si](C#Cc1ccc(-c2c(-c3ccccc3)cc(-c3ccc4c5cccc6c(-c7cc(-c8ccccc8)c(-c8ccc(C#C[Si](C(C)C)(C(C)C)C(C)C)cc8)c(-c8ccc(C#C[Si](C(C)C)(C(C)C)C(C)C)cc8)c7-c7ccccc7)ccc(c7cccc3c74)c65)c(-c3ccccc3)c2-c2ccc(C#C[Si](C(C)C)(C(C)C)C(C)C)cc2)cc1)(C(C)C)C(C)C. The summed E-state index contributed by atoms with van der Waals surface area (Å²) < 4.78 is 0. The van der Waals surface area contributed by atoms with E-state index in [1.54, 1.807) is 0 Å². The van der Waals surface area contributed by atoms with Gasteiger partial charge in [0.2, 0.25) is 0 Å². The van der Waals surface area contributed by atoms with Gasteiger partial charge in [-0.1, -0.05) is 420 Å². The minimum Gasteiger partial charge on any atom is -0.125 e. The Labute approximate surface area is 772 Å². The number of hydrogen-bond acceptors (Lipinski definition) is 0. The molecule has 0 radical (unpaired) electrons. The Morgan fingerprint density at radius 2 is 0.352 bits per heavy atom. The van der Waals surface area contributed by atoms with Crippen LogP contribution in [0.15, 0.2) is 291 Å². The molecule has 0 amide bonds. The van der Waals surface area contributed by atoms with E-state index in [0.717, 1.165) is 66.8 Å². The van der Waals surface area contributed by atoms with E-state index in [-0.39, 0.29) is 0 Å². The summed E-state index contributed by atoms with van der Waals surface area (Å²) in [6, 6.07) is 111. The van der Waals surface area contributed by atoms with Gasteiger partial charge in [0.15, 0.2) is 0 Å². The maximum absolute atomic E-state index is 4.08. The van der Waals surface area contributed by atoms with Gasteiger partial charge >= 0.3 is 0 Å². The van der Waals surface area contributed by atoms with Crippen molar-refractivity contribution in [3.8, 4) is 157 Å². The lowest BCUT2D eigenvalue weighted by molar-refractivity contribution is 0.838. The predicted octanol–water partition coefficient (Wildman–Crippen LogP) is 36.7. The molecule has 0 atom stereocenters. The fourth-order valence-corrected chi connectivity index (χ4v) is 44.9. The van der Waals surface area contributed by atoms with Crippen molar-refractivity contribution in [3.63, 3.8) is 0 Å². The molecule has 15 aromatic rings. The number of fused-ring (bicyclic) bond motifs is 2. The van der Waals surface area contributed by atoms with Crippen molar-refractivity contribution in [2.75, 3.05) is 0 Å². The summed E-state index contributed by atoms with van der Waals surface area (Å²) in [5, 5.41) is 9.84. The number of rotatable bonds is 22. The summed E-state index contributed by atoms with van der Waals surface area (Å²) in [7, 11) is -8.16. The molecule has 0 fully saturated rings. The minimum atomic E-state index is -2.05. The summed E-state index contributed by atoms with van der Waals surface area (Å²) >= 11 is 0. The van der Waals surface area contributed by atoms with Crippen LogP contribution in [-0.4, -0.2) is 32.3 Å². The zero-order valence-electron chi connectivity index (χ0n) is 80.6. The molecule has 0 aliphatic rings. The molecule has 0 unspecified atom stereocenters. The summed E-state index contributed by atoms with van der Waals surface area (Å²) in [4.78, 5) is 0.